The normalized spacial score (nSPS) is 10.7. The summed E-state index contributed by atoms with van der Waals surface area (Å²) in [5.74, 6) is -0.0517. The van der Waals surface area contributed by atoms with Crippen LogP contribution in [-0.4, -0.2) is 19.3 Å². The Bertz CT molecular complexity index is 859. The molecule has 3 rings (SSSR count). The Balaban J connectivity index is 2.09. The molecule has 3 heterocycles. The minimum absolute atomic E-state index is 0.0517. The molecule has 3 aromatic heterocycles. The van der Waals surface area contributed by atoms with E-state index >= 15 is 0 Å². The third-order valence-corrected chi connectivity index (χ3v) is 3.45. The van der Waals surface area contributed by atoms with E-state index in [1.54, 1.807) is 23.7 Å². The Morgan fingerprint density at radius 2 is 2.29 bits per heavy atom. The molecule has 0 spiro atoms. The summed E-state index contributed by atoms with van der Waals surface area (Å²) in [6, 6.07) is 4.93. The first-order valence-corrected chi connectivity index (χ1v) is 6.88. The van der Waals surface area contributed by atoms with E-state index in [9.17, 15) is 14.9 Å². The summed E-state index contributed by atoms with van der Waals surface area (Å²) in [6.07, 6.45) is 1.45. The van der Waals surface area contributed by atoms with Crippen LogP contribution in [0.2, 0.25) is 0 Å². The summed E-state index contributed by atoms with van der Waals surface area (Å²) in [4.78, 5) is 30.8. The first-order chi connectivity index (χ1) is 10.2. The van der Waals surface area contributed by atoms with Crippen molar-refractivity contribution in [2.45, 2.75) is 6.54 Å². The van der Waals surface area contributed by atoms with Crippen LogP contribution in [0, 0.1) is 10.1 Å². The molecule has 0 atom stereocenters. The van der Waals surface area contributed by atoms with Crippen molar-refractivity contribution in [1.29, 1.82) is 0 Å². The summed E-state index contributed by atoms with van der Waals surface area (Å²) >= 11 is 1.42. The molecule has 0 saturated carbocycles. The van der Waals surface area contributed by atoms with Crippen LogP contribution in [0.3, 0.4) is 0 Å². The summed E-state index contributed by atoms with van der Waals surface area (Å²) in [7, 11) is 0. The summed E-state index contributed by atoms with van der Waals surface area (Å²) in [5, 5.41) is 15.8. The number of nitrogens with zero attached hydrogens (tertiary/aromatic N) is 4. The van der Waals surface area contributed by atoms with E-state index in [1.165, 1.54) is 17.5 Å². The van der Waals surface area contributed by atoms with Gasteiger partial charge in [-0.15, -0.1) is 11.3 Å². The van der Waals surface area contributed by atoms with Crippen molar-refractivity contribution in [3.8, 4) is 0 Å². The van der Waals surface area contributed by atoms with Crippen LogP contribution in [0.15, 0.2) is 40.1 Å². The Morgan fingerprint density at radius 1 is 1.43 bits per heavy atom. The average Bonchev–Trinajstić information content (AvgIpc) is 2.98. The molecule has 0 aliphatic heterocycles. The highest BCUT2D eigenvalue weighted by Gasteiger charge is 2.23. The molecule has 0 radical (unpaired) electrons. The van der Waals surface area contributed by atoms with E-state index in [1.807, 2.05) is 5.38 Å². The van der Waals surface area contributed by atoms with Crippen molar-refractivity contribution in [3.63, 3.8) is 0 Å². The second-order valence-electron chi connectivity index (χ2n) is 4.13. The first-order valence-electron chi connectivity index (χ1n) is 5.93. The number of nitro groups is 1. The summed E-state index contributed by atoms with van der Waals surface area (Å²) < 4.78 is 1.14. The van der Waals surface area contributed by atoms with Crippen molar-refractivity contribution in [2.75, 3.05) is 5.32 Å². The Labute approximate surface area is 121 Å². The number of pyridine rings is 1. The van der Waals surface area contributed by atoms with E-state index < -0.39 is 16.2 Å². The molecule has 0 aliphatic rings. The lowest BCUT2D eigenvalue weighted by Crippen LogP contribution is -2.21. The smallest absolute Gasteiger partial charge is 0.358 e. The Hall–Kier alpha value is -2.81. The fourth-order valence-electron chi connectivity index (χ4n) is 1.87. The maximum absolute atomic E-state index is 12.2. The van der Waals surface area contributed by atoms with Crippen LogP contribution in [0.25, 0.3) is 5.65 Å². The molecule has 0 aliphatic carbocycles. The number of thiazole rings is 1. The summed E-state index contributed by atoms with van der Waals surface area (Å²) in [6.45, 7) is 0.264. The quantitative estimate of drug-likeness (QED) is 0.581. The standard InChI is InChI=1S/C12H9N5O3S/c18-12-10(17(19)20)11(13-5-8-6-21-7-14-8)15-9-3-1-2-4-16(9)12/h1-4,6-7,13H,5H2. The van der Waals surface area contributed by atoms with Gasteiger partial charge in [0.25, 0.3) is 0 Å². The van der Waals surface area contributed by atoms with Gasteiger partial charge in [-0.3, -0.25) is 19.3 Å². The van der Waals surface area contributed by atoms with Gasteiger partial charge in [-0.1, -0.05) is 6.07 Å². The van der Waals surface area contributed by atoms with Crippen molar-refractivity contribution in [3.05, 3.63) is 61.4 Å². The molecule has 106 valence electrons. The van der Waals surface area contributed by atoms with E-state index in [2.05, 4.69) is 15.3 Å². The minimum atomic E-state index is -0.724. The van der Waals surface area contributed by atoms with Gasteiger partial charge in [-0.2, -0.15) is 0 Å². The maximum Gasteiger partial charge on any atom is 0.376 e. The Kier molecular flexibility index (Phi) is 3.32. The van der Waals surface area contributed by atoms with Crippen LogP contribution in [0.1, 0.15) is 5.69 Å². The van der Waals surface area contributed by atoms with Crippen LogP contribution in [-0.2, 0) is 6.54 Å². The monoisotopic (exact) mass is 303 g/mol. The molecule has 3 aromatic rings. The highest BCUT2D eigenvalue weighted by molar-refractivity contribution is 7.07. The summed E-state index contributed by atoms with van der Waals surface area (Å²) in [5.41, 5.74) is 1.44. The fourth-order valence-corrected chi connectivity index (χ4v) is 2.43. The number of hydrogen-bond donors (Lipinski definition) is 1. The zero-order valence-corrected chi connectivity index (χ0v) is 11.4. The van der Waals surface area contributed by atoms with E-state index in [0.717, 1.165) is 10.1 Å². The minimum Gasteiger partial charge on any atom is -0.358 e. The van der Waals surface area contributed by atoms with Crippen molar-refractivity contribution in [1.82, 2.24) is 14.4 Å². The molecule has 0 aromatic carbocycles. The van der Waals surface area contributed by atoms with Crippen molar-refractivity contribution >= 4 is 28.5 Å². The zero-order chi connectivity index (χ0) is 14.8. The van der Waals surface area contributed by atoms with Gasteiger partial charge in [0.1, 0.15) is 5.65 Å². The third-order valence-electron chi connectivity index (χ3n) is 2.81. The lowest BCUT2D eigenvalue weighted by Gasteiger charge is -2.06. The van der Waals surface area contributed by atoms with Gasteiger partial charge in [-0.05, 0) is 12.1 Å². The lowest BCUT2D eigenvalue weighted by atomic mass is 10.4. The highest BCUT2D eigenvalue weighted by atomic mass is 32.1. The molecular formula is C12H9N5O3S. The SMILES string of the molecule is O=c1c([N+](=O)[O-])c(NCc2cscn2)nc2ccccn12. The molecule has 0 amide bonds. The topological polar surface area (TPSA) is 102 Å². The first kappa shape index (κ1) is 13.2. The van der Waals surface area contributed by atoms with Gasteiger partial charge in [0.2, 0.25) is 5.82 Å². The second kappa shape index (κ2) is 5.29. The number of rotatable bonds is 4. The molecule has 0 fully saturated rings. The zero-order valence-electron chi connectivity index (χ0n) is 10.6. The maximum atomic E-state index is 12.2. The second-order valence-corrected chi connectivity index (χ2v) is 4.85. The van der Waals surface area contributed by atoms with Gasteiger partial charge in [0.15, 0.2) is 0 Å². The number of nitrogens with one attached hydrogen (secondary N) is 1. The molecule has 1 N–H and O–H groups in total. The molecule has 0 bridgehead atoms. The number of aromatic nitrogens is 3. The number of hydrogen-bond acceptors (Lipinski definition) is 7. The predicted molar refractivity (Wildman–Crippen MR) is 77.6 cm³/mol. The van der Waals surface area contributed by atoms with Gasteiger partial charge in [0, 0.05) is 11.6 Å². The molecule has 0 unspecified atom stereocenters. The van der Waals surface area contributed by atoms with Crippen LogP contribution in [0.4, 0.5) is 11.5 Å². The van der Waals surface area contributed by atoms with Gasteiger partial charge in [-0.25, -0.2) is 9.97 Å². The van der Waals surface area contributed by atoms with E-state index in [4.69, 9.17) is 0 Å². The number of fused-ring (bicyclic) bond motifs is 1. The number of anilines is 1. The largest absolute Gasteiger partial charge is 0.376 e. The molecular weight excluding hydrogens is 294 g/mol. The molecule has 21 heavy (non-hydrogen) atoms. The lowest BCUT2D eigenvalue weighted by molar-refractivity contribution is -0.385. The van der Waals surface area contributed by atoms with Gasteiger partial charge >= 0.3 is 11.2 Å². The third kappa shape index (κ3) is 2.46. The van der Waals surface area contributed by atoms with Crippen LogP contribution in [0.5, 0.6) is 0 Å². The van der Waals surface area contributed by atoms with Gasteiger partial charge in [0.05, 0.1) is 22.7 Å². The highest BCUT2D eigenvalue weighted by Crippen LogP contribution is 2.18. The van der Waals surface area contributed by atoms with Crippen LogP contribution < -0.4 is 10.9 Å². The van der Waals surface area contributed by atoms with Crippen LogP contribution >= 0.6 is 11.3 Å². The predicted octanol–water partition coefficient (Wildman–Crippen LogP) is 1.67. The van der Waals surface area contributed by atoms with Crippen molar-refractivity contribution < 1.29 is 4.92 Å². The van der Waals surface area contributed by atoms with Gasteiger partial charge < -0.3 is 5.32 Å². The Morgan fingerprint density at radius 3 is 3.00 bits per heavy atom. The van der Waals surface area contributed by atoms with E-state index in [0.29, 0.717) is 5.65 Å². The fraction of sp³-hybridized carbons (Fsp3) is 0.0833. The van der Waals surface area contributed by atoms with E-state index in [-0.39, 0.29) is 12.4 Å². The molecule has 9 heteroatoms. The molecule has 8 nitrogen and oxygen atoms in total. The average molecular weight is 303 g/mol. The molecule has 0 saturated heterocycles. The van der Waals surface area contributed by atoms with Crippen molar-refractivity contribution in [2.24, 2.45) is 0 Å².